The van der Waals surface area contributed by atoms with Crippen LogP contribution in [0.5, 0.6) is 5.75 Å². The molecule has 0 aromatic heterocycles. The number of alkyl halides is 2. The van der Waals surface area contributed by atoms with Crippen LogP contribution in [0.3, 0.4) is 0 Å². The molecule has 0 spiro atoms. The average Bonchev–Trinajstić information content (AvgIpc) is 2.18. The van der Waals surface area contributed by atoms with E-state index in [1.165, 1.54) is 0 Å². The van der Waals surface area contributed by atoms with Gasteiger partial charge in [0, 0.05) is 12.3 Å². The van der Waals surface area contributed by atoms with Gasteiger partial charge in [-0.2, -0.15) is 0 Å². The van der Waals surface area contributed by atoms with E-state index >= 15 is 0 Å². The van der Waals surface area contributed by atoms with E-state index in [4.69, 9.17) is 16.3 Å². The van der Waals surface area contributed by atoms with Gasteiger partial charge in [0.2, 0.25) is 6.36 Å². The van der Waals surface area contributed by atoms with Crippen LogP contribution in [-0.4, -0.2) is 6.36 Å². The molecule has 72 valence electrons. The van der Waals surface area contributed by atoms with Crippen LogP contribution in [-0.2, 0) is 5.88 Å². The smallest absolute Gasteiger partial charge is 0.238 e. The van der Waals surface area contributed by atoms with Crippen LogP contribution >= 0.6 is 11.6 Å². The quantitative estimate of drug-likeness (QED) is 0.679. The van der Waals surface area contributed by atoms with Crippen molar-refractivity contribution in [1.29, 1.82) is 0 Å². The van der Waals surface area contributed by atoms with Gasteiger partial charge in [-0.15, -0.1) is 11.6 Å². The normalized spacial score (nSPS) is 12.5. The lowest BCUT2D eigenvalue weighted by atomic mass is 10.2. The fourth-order valence-electron chi connectivity index (χ4n) is 0.933. The highest BCUT2D eigenvalue weighted by Gasteiger charge is 2.04. The monoisotopic (exact) mass is 202 g/mol. The molecule has 1 atom stereocenters. The van der Waals surface area contributed by atoms with Crippen molar-refractivity contribution in [2.45, 2.75) is 25.6 Å². The lowest BCUT2D eigenvalue weighted by Crippen LogP contribution is -2.07. The maximum atomic E-state index is 12.8. The molecule has 3 heteroatoms. The Bertz CT molecular complexity index is 265. The summed E-state index contributed by atoms with van der Waals surface area (Å²) in [6.07, 6.45) is -0.879. The fourth-order valence-corrected chi connectivity index (χ4v) is 1.10. The summed E-state index contributed by atoms with van der Waals surface area (Å²) in [6, 6.07) is 7.14. The van der Waals surface area contributed by atoms with Crippen LogP contribution in [0.25, 0.3) is 0 Å². The van der Waals surface area contributed by atoms with E-state index in [0.29, 0.717) is 18.1 Å². The first kappa shape index (κ1) is 10.3. The Kier molecular flexibility index (Phi) is 4.03. The zero-order valence-electron chi connectivity index (χ0n) is 7.47. The minimum atomic E-state index is -1.23. The summed E-state index contributed by atoms with van der Waals surface area (Å²) < 4.78 is 17.8. The zero-order valence-corrected chi connectivity index (χ0v) is 8.22. The Labute approximate surface area is 82.5 Å². The molecule has 0 N–H and O–H groups in total. The summed E-state index contributed by atoms with van der Waals surface area (Å²) in [4.78, 5) is 0. The molecule has 0 saturated heterocycles. The third kappa shape index (κ3) is 3.23. The number of halogens is 2. The third-order valence-electron chi connectivity index (χ3n) is 1.64. The highest BCUT2D eigenvalue weighted by Crippen LogP contribution is 2.17. The fraction of sp³-hybridized carbons (Fsp3) is 0.400. The summed E-state index contributed by atoms with van der Waals surface area (Å²) in [7, 11) is 0. The van der Waals surface area contributed by atoms with Crippen LogP contribution in [0.2, 0.25) is 0 Å². The second kappa shape index (κ2) is 5.07. The van der Waals surface area contributed by atoms with Gasteiger partial charge in [0.25, 0.3) is 0 Å². The molecule has 0 amide bonds. The van der Waals surface area contributed by atoms with Crippen molar-refractivity contribution in [3.05, 3.63) is 29.8 Å². The van der Waals surface area contributed by atoms with E-state index in [1.807, 2.05) is 6.07 Å². The molecule has 0 fully saturated rings. The van der Waals surface area contributed by atoms with Crippen molar-refractivity contribution in [3.63, 3.8) is 0 Å². The minimum absolute atomic E-state index is 0.352. The predicted molar refractivity (Wildman–Crippen MR) is 51.8 cm³/mol. The van der Waals surface area contributed by atoms with E-state index in [0.717, 1.165) is 5.56 Å². The maximum Gasteiger partial charge on any atom is 0.238 e. The second-order valence-electron chi connectivity index (χ2n) is 2.72. The first-order chi connectivity index (χ1) is 6.26. The molecule has 0 saturated carbocycles. The van der Waals surface area contributed by atoms with E-state index in [9.17, 15) is 4.39 Å². The van der Waals surface area contributed by atoms with E-state index in [1.54, 1.807) is 25.1 Å². The van der Waals surface area contributed by atoms with Crippen molar-refractivity contribution in [2.24, 2.45) is 0 Å². The second-order valence-corrected chi connectivity index (χ2v) is 2.98. The topological polar surface area (TPSA) is 9.23 Å². The number of hydrogen-bond donors (Lipinski definition) is 0. The summed E-state index contributed by atoms with van der Waals surface area (Å²) in [5.74, 6) is 0.952. The van der Waals surface area contributed by atoms with Gasteiger partial charge < -0.3 is 4.74 Å². The van der Waals surface area contributed by atoms with Gasteiger partial charge >= 0.3 is 0 Å². The summed E-state index contributed by atoms with van der Waals surface area (Å²) in [5.41, 5.74) is 0.933. The molecule has 1 nitrogen and oxygen atoms in total. The molecule has 0 aliphatic heterocycles. The van der Waals surface area contributed by atoms with Crippen LogP contribution in [0.1, 0.15) is 18.9 Å². The van der Waals surface area contributed by atoms with Crippen molar-refractivity contribution >= 4 is 11.6 Å². The Morgan fingerprint density at radius 2 is 2.31 bits per heavy atom. The predicted octanol–water partition coefficient (Wildman–Crippen LogP) is 3.51. The molecule has 0 aliphatic carbocycles. The molecule has 0 radical (unpaired) electrons. The van der Waals surface area contributed by atoms with E-state index in [-0.39, 0.29) is 0 Å². The first-order valence-corrected chi connectivity index (χ1v) is 4.75. The SMILES string of the molecule is CCC(F)Oc1cccc(CCl)c1. The van der Waals surface area contributed by atoms with Gasteiger partial charge in [-0.1, -0.05) is 19.1 Å². The standard InChI is InChI=1S/C10H12ClFO/c1-2-10(12)13-9-5-3-4-8(6-9)7-11/h3-6,10H,2,7H2,1H3. The van der Waals surface area contributed by atoms with Gasteiger partial charge in [0.15, 0.2) is 0 Å². The Morgan fingerprint density at radius 3 is 2.92 bits per heavy atom. The Morgan fingerprint density at radius 1 is 1.54 bits per heavy atom. The molecular formula is C10H12ClFO. The van der Waals surface area contributed by atoms with Crippen LogP contribution in [0, 0.1) is 0 Å². The molecule has 1 aromatic rings. The lowest BCUT2D eigenvalue weighted by Gasteiger charge is -2.09. The summed E-state index contributed by atoms with van der Waals surface area (Å²) in [6.45, 7) is 1.73. The molecule has 1 aromatic carbocycles. The summed E-state index contributed by atoms with van der Waals surface area (Å²) in [5, 5.41) is 0. The maximum absolute atomic E-state index is 12.8. The molecule has 1 unspecified atom stereocenters. The van der Waals surface area contributed by atoms with E-state index in [2.05, 4.69) is 0 Å². The van der Waals surface area contributed by atoms with Gasteiger partial charge in [-0.05, 0) is 17.7 Å². The Hall–Kier alpha value is -0.760. The molecule has 1 rings (SSSR count). The van der Waals surface area contributed by atoms with E-state index < -0.39 is 6.36 Å². The average molecular weight is 203 g/mol. The van der Waals surface area contributed by atoms with Crippen LogP contribution in [0.4, 0.5) is 4.39 Å². The number of benzene rings is 1. The zero-order chi connectivity index (χ0) is 9.68. The van der Waals surface area contributed by atoms with Gasteiger partial charge in [0.1, 0.15) is 5.75 Å². The molecule has 13 heavy (non-hydrogen) atoms. The highest BCUT2D eigenvalue weighted by atomic mass is 35.5. The largest absolute Gasteiger partial charge is 0.460 e. The molecule has 0 bridgehead atoms. The number of hydrogen-bond acceptors (Lipinski definition) is 1. The minimum Gasteiger partial charge on any atom is -0.460 e. The number of rotatable bonds is 4. The van der Waals surface area contributed by atoms with Crippen molar-refractivity contribution in [2.75, 3.05) is 0 Å². The van der Waals surface area contributed by atoms with Crippen LogP contribution < -0.4 is 4.74 Å². The lowest BCUT2D eigenvalue weighted by molar-refractivity contribution is 0.0641. The first-order valence-electron chi connectivity index (χ1n) is 4.22. The molecular weight excluding hydrogens is 191 g/mol. The van der Waals surface area contributed by atoms with Crippen molar-refractivity contribution in [3.8, 4) is 5.75 Å². The van der Waals surface area contributed by atoms with Crippen molar-refractivity contribution < 1.29 is 9.13 Å². The van der Waals surface area contributed by atoms with Crippen LogP contribution in [0.15, 0.2) is 24.3 Å². The third-order valence-corrected chi connectivity index (χ3v) is 1.95. The number of ether oxygens (including phenoxy) is 1. The van der Waals surface area contributed by atoms with Crippen molar-refractivity contribution in [1.82, 2.24) is 0 Å². The van der Waals surface area contributed by atoms with Gasteiger partial charge in [-0.25, -0.2) is 4.39 Å². The molecule has 0 heterocycles. The van der Waals surface area contributed by atoms with Gasteiger partial charge in [0.05, 0.1) is 0 Å². The molecule has 0 aliphatic rings. The highest BCUT2D eigenvalue weighted by molar-refractivity contribution is 6.17. The van der Waals surface area contributed by atoms with Gasteiger partial charge in [-0.3, -0.25) is 0 Å². The Balaban J connectivity index is 2.66. The summed E-state index contributed by atoms with van der Waals surface area (Å²) >= 11 is 5.62.